The molecule has 0 bridgehead atoms. The molecule has 1 aromatic rings. The van der Waals surface area contributed by atoms with Crippen LogP contribution in [0.5, 0.6) is 0 Å². The highest BCUT2D eigenvalue weighted by molar-refractivity contribution is 5.97. The molecule has 0 saturated carbocycles. The Morgan fingerprint density at radius 2 is 2.04 bits per heavy atom. The molecule has 1 heterocycles. The minimum absolute atomic E-state index is 0. The number of carbonyl (C=O) groups excluding carboxylic acids is 2. The summed E-state index contributed by atoms with van der Waals surface area (Å²) >= 11 is 0. The second kappa shape index (κ2) is 9.53. The molecule has 5 nitrogen and oxygen atoms in total. The number of nitrogens with zero attached hydrogens (tertiary/aromatic N) is 1. The highest BCUT2D eigenvalue weighted by Gasteiger charge is 2.21. The largest absolute Gasteiger partial charge is 0.339 e. The minimum atomic E-state index is 0. The van der Waals surface area contributed by atoms with Crippen molar-refractivity contribution < 1.29 is 9.59 Å². The van der Waals surface area contributed by atoms with Crippen molar-refractivity contribution in [2.45, 2.75) is 26.7 Å². The fraction of sp³-hybridized carbons (Fsp3) is 0.529. The van der Waals surface area contributed by atoms with Crippen LogP contribution in [0.2, 0.25) is 0 Å². The molecule has 0 aromatic heterocycles. The highest BCUT2D eigenvalue weighted by atomic mass is 35.5. The van der Waals surface area contributed by atoms with Crippen LogP contribution in [0.3, 0.4) is 0 Å². The molecule has 6 heteroatoms. The van der Waals surface area contributed by atoms with Crippen LogP contribution in [0.25, 0.3) is 0 Å². The summed E-state index contributed by atoms with van der Waals surface area (Å²) in [6, 6.07) is 7.19. The lowest BCUT2D eigenvalue weighted by atomic mass is 9.98. The highest BCUT2D eigenvalue weighted by Crippen LogP contribution is 2.16. The van der Waals surface area contributed by atoms with E-state index in [1.165, 1.54) is 0 Å². The van der Waals surface area contributed by atoms with Gasteiger partial charge in [-0.3, -0.25) is 9.59 Å². The van der Waals surface area contributed by atoms with Gasteiger partial charge in [0.15, 0.2) is 0 Å². The Morgan fingerprint density at radius 1 is 1.30 bits per heavy atom. The van der Waals surface area contributed by atoms with Crippen molar-refractivity contribution in [2.24, 2.45) is 5.92 Å². The lowest BCUT2D eigenvalue weighted by molar-refractivity contribution is -0.120. The second-order valence-electron chi connectivity index (χ2n) is 5.59. The predicted octanol–water partition coefficient (Wildman–Crippen LogP) is 2.53. The van der Waals surface area contributed by atoms with Gasteiger partial charge in [0.05, 0.1) is 5.92 Å². The van der Waals surface area contributed by atoms with Gasteiger partial charge in [-0.15, -0.1) is 12.4 Å². The van der Waals surface area contributed by atoms with Crippen LogP contribution in [-0.2, 0) is 4.79 Å². The van der Waals surface area contributed by atoms with E-state index in [9.17, 15) is 9.59 Å². The molecule has 1 aromatic carbocycles. The van der Waals surface area contributed by atoms with Crippen molar-refractivity contribution in [3.63, 3.8) is 0 Å². The monoisotopic (exact) mass is 339 g/mol. The molecule has 1 fully saturated rings. The topological polar surface area (TPSA) is 61.4 Å². The Labute approximate surface area is 144 Å². The van der Waals surface area contributed by atoms with Crippen LogP contribution in [-0.4, -0.2) is 42.9 Å². The van der Waals surface area contributed by atoms with E-state index >= 15 is 0 Å². The first-order valence-corrected chi connectivity index (χ1v) is 8.06. The Bertz CT molecular complexity index is 526. The zero-order valence-electron chi connectivity index (χ0n) is 13.8. The molecule has 2 N–H and O–H groups in total. The number of rotatable bonds is 5. The molecule has 128 valence electrons. The molecule has 23 heavy (non-hydrogen) atoms. The first-order chi connectivity index (χ1) is 10.7. The second-order valence-corrected chi connectivity index (χ2v) is 5.59. The third-order valence-corrected chi connectivity index (χ3v) is 4.10. The maximum Gasteiger partial charge on any atom is 0.253 e. The van der Waals surface area contributed by atoms with Crippen LogP contribution in [0.15, 0.2) is 24.3 Å². The van der Waals surface area contributed by atoms with E-state index in [1.54, 1.807) is 17.0 Å². The Hall–Kier alpha value is -1.59. The van der Waals surface area contributed by atoms with E-state index < -0.39 is 0 Å². The molecule has 0 unspecified atom stereocenters. The number of nitrogens with one attached hydrogen (secondary N) is 2. The fourth-order valence-corrected chi connectivity index (χ4v) is 2.74. The van der Waals surface area contributed by atoms with Crippen LogP contribution in [0, 0.1) is 5.92 Å². The molecule has 0 spiro atoms. The van der Waals surface area contributed by atoms with Crippen LogP contribution in [0.1, 0.15) is 37.0 Å². The van der Waals surface area contributed by atoms with Crippen molar-refractivity contribution in [3.8, 4) is 0 Å². The summed E-state index contributed by atoms with van der Waals surface area (Å²) < 4.78 is 0. The number of carbonyl (C=O) groups is 2. The summed E-state index contributed by atoms with van der Waals surface area (Å²) in [7, 11) is 0. The van der Waals surface area contributed by atoms with Gasteiger partial charge in [0, 0.05) is 30.9 Å². The number of anilines is 1. The normalized spacial score (nSPS) is 17.0. The fourth-order valence-electron chi connectivity index (χ4n) is 2.74. The maximum absolute atomic E-state index is 12.3. The van der Waals surface area contributed by atoms with E-state index in [0.29, 0.717) is 24.3 Å². The maximum atomic E-state index is 12.3. The number of halogens is 1. The standard InChI is InChI=1S/C17H25N3O2.ClH/c1-3-20(4-2)17(22)13-7-5-9-15(11-13)19-16(21)14-8-6-10-18-12-14;/h5,7,9,11,14,18H,3-4,6,8,10,12H2,1-2H3,(H,19,21);1H/t14-;/m1./s1. The average Bonchev–Trinajstić information content (AvgIpc) is 2.57. The van der Waals surface area contributed by atoms with Gasteiger partial charge in [0.2, 0.25) is 5.91 Å². The molecule has 0 aliphatic carbocycles. The van der Waals surface area contributed by atoms with Crippen molar-refractivity contribution in [1.29, 1.82) is 0 Å². The zero-order valence-corrected chi connectivity index (χ0v) is 14.6. The van der Waals surface area contributed by atoms with E-state index in [1.807, 2.05) is 26.0 Å². The Balaban J connectivity index is 0.00000264. The number of hydrogen-bond acceptors (Lipinski definition) is 3. The summed E-state index contributed by atoms with van der Waals surface area (Å²) in [5.74, 6) is 0.0379. The summed E-state index contributed by atoms with van der Waals surface area (Å²) in [6.45, 7) is 6.99. The number of hydrogen-bond donors (Lipinski definition) is 2. The van der Waals surface area contributed by atoms with E-state index in [2.05, 4.69) is 10.6 Å². The molecule has 2 amide bonds. The predicted molar refractivity (Wildman–Crippen MR) is 95.2 cm³/mol. The van der Waals surface area contributed by atoms with Gasteiger partial charge in [-0.25, -0.2) is 0 Å². The molecule has 2 rings (SSSR count). The molecule has 1 saturated heterocycles. The number of piperidine rings is 1. The first-order valence-electron chi connectivity index (χ1n) is 8.06. The quantitative estimate of drug-likeness (QED) is 0.866. The van der Waals surface area contributed by atoms with Gasteiger partial charge in [0.25, 0.3) is 5.91 Å². The molecule has 1 aliphatic rings. The van der Waals surface area contributed by atoms with E-state index in [-0.39, 0.29) is 30.1 Å². The smallest absolute Gasteiger partial charge is 0.253 e. The molecular weight excluding hydrogens is 314 g/mol. The van der Waals surface area contributed by atoms with Gasteiger partial charge in [-0.1, -0.05) is 6.07 Å². The van der Waals surface area contributed by atoms with Gasteiger partial charge in [0.1, 0.15) is 0 Å². The Morgan fingerprint density at radius 3 is 2.65 bits per heavy atom. The van der Waals surface area contributed by atoms with Crippen LogP contribution < -0.4 is 10.6 Å². The van der Waals surface area contributed by atoms with Crippen molar-refractivity contribution >= 4 is 29.9 Å². The Kier molecular flexibility index (Phi) is 8.06. The van der Waals surface area contributed by atoms with Gasteiger partial charge in [-0.05, 0) is 51.4 Å². The van der Waals surface area contributed by atoms with E-state index in [0.717, 1.165) is 25.9 Å². The van der Waals surface area contributed by atoms with Gasteiger partial charge < -0.3 is 15.5 Å². The lowest BCUT2D eigenvalue weighted by Gasteiger charge is -2.22. The average molecular weight is 340 g/mol. The summed E-state index contributed by atoms with van der Waals surface area (Å²) in [6.07, 6.45) is 1.94. The molecular formula is C17H26ClN3O2. The summed E-state index contributed by atoms with van der Waals surface area (Å²) in [5.41, 5.74) is 1.30. The summed E-state index contributed by atoms with van der Waals surface area (Å²) in [5, 5.41) is 6.17. The minimum Gasteiger partial charge on any atom is -0.339 e. The van der Waals surface area contributed by atoms with Gasteiger partial charge in [-0.2, -0.15) is 0 Å². The van der Waals surface area contributed by atoms with Crippen molar-refractivity contribution in [2.75, 3.05) is 31.5 Å². The van der Waals surface area contributed by atoms with Crippen LogP contribution >= 0.6 is 12.4 Å². The molecule has 1 atom stereocenters. The lowest BCUT2D eigenvalue weighted by Crippen LogP contribution is -2.37. The van der Waals surface area contributed by atoms with E-state index in [4.69, 9.17) is 0 Å². The van der Waals surface area contributed by atoms with Crippen molar-refractivity contribution in [3.05, 3.63) is 29.8 Å². The van der Waals surface area contributed by atoms with Gasteiger partial charge >= 0.3 is 0 Å². The molecule has 1 aliphatic heterocycles. The summed E-state index contributed by atoms with van der Waals surface area (Å²) in [4.78, 5) is 26.4. The third kappa shape index (κ3) is 5.22. The first kappa shape index (κ1) is 19.5. The SMILES string of the molecule is CCN(CC)C(=O)c1cccc(NC(=O)[C@@H]2CCCNC2)c1.Cl. The molecule has 0 radical (unpaired) electrons. The van der Waals surface area contributed by atoms with Crippen LogP contribution in [0.4, 0.5) is 5.69 Å². The van der Waals surface area contributed by atoms with Crippen molar-refractivity contribution in [1.82, 2.24) is 10.2 Å². The number of amides is 2. The number of benzene rings is 1. The third-order valence-electron chi connectivity index (χ3n) is 4.10. The zero-order chi connectivity index (χ0) is 15.9.